The summed E-state index contributed by atoms with van der Waals surface area (Å²) in [5, 5.41) is 8.90. The van der Waals surface area contributed by atoms with Gasteiger partial charge in [-0.25, -0.2) is 0 Å². The molecular formula is C15H18ClNO2S. The fourth-order valence-electron chi connectivity index (χ4n) is 1.92. The Morgan fingerprint density at radius 3 is 2.45 bits per heavy atom. The van der Waals surface area contributed by atoms with Crippen LogP contribution in [0.15, 0.2) is 36.4 Å². The molecule has 0 amide bonds. The minimum Gasteiger partial charge on any atom is -0.483 e. The first-order valence-electron chi connectivity index (χ1n) is 6.47. The maximum absolute atomic E-state index is 8.90. The molecule has 1 aromatic carbocycles. The molecule has 5 heteroatoms. The van der Waals surface area contributed by atoms with Crippen molar-refractivity contribution in [2.45, 2.75) is 25.5 Å². The molecule has 3 nitrogen and oxygen atoms in total. The van der Waals surface area contributed by atoms with E-state index >= 15 is 0 Å². The van der Waals surface area contributed by atoms with Gasteiger partial charge in [0.05, 0.1) is 4.34 Å². The van der Waals surface area contributed by atoms with Crippen LogP contribution in [0.3, 0.4) is 0 Å². The molecular weight excluding hydrogens is 294 g/mol. The first kappa shape index (κ1) is 15.3. The van der Waals surface area contributed by atoms with Gasteiger partial charge in [0.15, 0.2) is 0 Å². The van der Waals surface area contributed by atoms with Crippen molar-refractivity contribution in [2.24, 2.45) is 5.73 Å². The lowest BCUT2D eigenvalue weighted by molar-refractivity contribution is 0.184. The summed E-state index contributed by atoms with van der Waals surface area (Å²) in [6.07, 6.45) is 0.438. The van der Waals surface area contributed by atoms with Crippen LogP contribution in [-0.2, 0) is 6.42 Å². The van der Waals surface area contributed by atoms with E-state index < -0.39 is 0 Å². The van der Waals surface area contributed by atoms with Gasteiger partial charge in [-0.05, 0) is 43.2 Å². The number of ether oxygens (including phenoxy) is 1. The number of rotatable bonds is 6. The molecule has 1 aromatic heterocycles. The second kappa shape index (κ2) is 7.09. The maximum atomic E-state index is 8.90. The standard InChI is InChI=1S/C15H18ClNO2S/c1-10(17)15(13-6-7-14(16)20-13)19-12-4-2-11(3-5-12)8-9-18/h2-7,10,15,18H,8-9,17H2,1H3. The Morgan fingerprint density at radius 1 is 1.25 bits per heavy atom. The van der Waals surface area contributed by atoms with E-state index in [0.717, 1.165) is 20.5 Å². The Morgan fingerprint density at radius 2 is 1.95 bits per heavy atom. The Kier molecular flexibility index (Phi) is 5.43. The van der Waals surface area contributed by atoms with Crippen molar-refractivity contribution >= 4 is 22.9 Å². The van der Waals surface area contributed by atoms with E-state index in [4.69, 9.17) is 27.2 Å². The molecule has 0 aliphatic heterocycles. The summed E-state index contributed by atoms with van der Waals surface area (Å²) in [5.74, 6) is 0.763. The molecule has 0 spiro atoms. The van der Waals surface area contributed by atoms with Crippen LogP contribution in [0, 0.1) is 0 Å². The van der Waals surface area contributed by atoms with Crippen molar-refractivity contribution in [3.05, 3.63) is 51.2 Å². The largest absolute Gasteiger partial charge is 0.483 e. The number of aliphatic hydroxyl groups is 1. The fraction of sp³-hybridized carbons (Fsp3) is 0.333. The molecule has 20 heavy (non-hydrogen) atoms. The third-order valence-electron chi connectivity index (χ3n) is 2.94. The molecule has 0 aliphatic rings. The topological polar surface area (TPSA) is 55.5 Å². The van der Waals surface area contributed by atoms with Gasteiger partial charge in [-0.15, -0.1) is 11.3 Å². The van der Waals surface area contributed by atoms with Crippen molar-refractivity contribution in [1.82, 2.24) is 0 Å². The Labute approximate surface area is 128 Å². The Hall–Kier alpha value is -1.07. The SMILES string of the molecule is CC(N)C(Oc1ccc(CCO)cc1)c1ccc(Cl)s1. The van der Waals surface area contributed by atoms with Gasteiger partial charge < -0.3 is 15.6 Å². The molecule has 2 unspecified atom stereocenters. The first-order chi connectivity index (χ1) is 9.60. The number of hydrogen-bond donors (Lipinski definition) is 2. The van der Waals surface area contributed by atoms with Crippen molar-refractivity contribution < 1.29 is 9.84 Å². The van der Waals surface area contributed by atoms with E-state index in [1.54, 1.807) is 0 Å². The highest BCUT2D eigenvalue weighted by molar-refractivity contribution is 7.16. The second-order valence-corrected chi connectivity index (χ2v) is 6.40. The third-order valence-corrected chi connectivity index (χ3v) is 4.23. The van der Waals surface area contributed by atoms with Gasteiger partial charge in [0, 0.05) is 17.5 Å². The van der Waals surface area contributed by atoms with E-state index in [1.165, 1.54) is 11.3 Å². The zero-order valence-corrected chi connectivity index (χ0v) is 12.8. The Bertz CT molecular complexity index is 539. The molecule has 2 rings (SSSR count). The molecule has 0 aliphatic carbocycles. The van der Waals surface area contributed by atoms with Gasteiger partial charge in [-0.1, -0.05) is 23.7 Å². The van der Waals surface area contributed by atoms with Crippen molar-refractivity contribution in [2.75, 3.05) is 6.61 Å². The monoisotopic (exact) mass is 311 g/mol. The number of thiophene rings is 1. The summed E-state index contributed by atoms with van der Waals surface area (Å²) in [7, 11) is 0. The number of hydrogen-bond acceptors (Lipinski definition) is 4. The third kappa shape index (κ3) is 3.96. The number of halogens is 1. The summed E-state index contributed by atoms with van der Waals surface area (Å²) in [6, 6.07) is 11.4. The summed E-state index contributed by atoms with van der Waals surface area (Å²) >= 11 is 7.45. The van der Waals surface area contributed by atoms with Crippen LogP contribution >= 0.6 is 22.9 Å². The number of benzene rings is 1. The molecule has 1 heterocycles. The van der Waals surface area contributed by atoms with Crippen molar-refractivity contribution in [3.63, 3.8) is 0 Å². The maximum Gasteiger partial charge on any atom is 0.148 e. The zero-order valence-electron chi connectivity index (χ0n) is 11.3. The fourth-order valence-corrected chi connectivity index (χ4v) is 3.12. The molecule has 0 fully saturated rings. The van der Waals surface area contributed by atoms with E-state index in [9.17, 15) is 0 Å². The Balaban J connectivity index is 2.12. The van der Waals surface area contributed by atoms with Crippen molar-refractivity contribution in [3.8, 4) is 5.75 Å². The van der Waals surface area contributed by atoms with Crippen LogP contribution in [0.1, 0.15) is 23.5 Å². The summed E-state index contributed by atoms with van der Waals surface area (Å²) in [4.78, 5) is 1.02. The van der Waals surface area contributed by atoms with Crippen LogP contribution < -0.4 is 10.5 Å². The molecule has 2 atom stereocenters. The molecule has 3 N–H and O–H groups in total. The molecule has 108 valence electrons. The minimum atomic E-state index is -0.212. The van der Waals surface area contributed by atoms with Crippen LogP contribution in [-0.4, -0.2) is 17.8 Å². The summed E-state index contributed by atoms with van der Waals surface area (Å²) in [5.41, 5.74) is 7.09. The van der Waals surface area contributed by atoms with Gasteiger partial charge in [-0.2, -0.15) is 0 Å². The zero-order chi connectivity index (χ0) is 14.5. The van der Waals surface area contributed by atoms with Gasteiger partial charge in [0.1, 0.15) is 11.9 Å². The van der Waals surface area contributed by atoms with Crippen LogP contribution in [0.25, 0.3) is 0 Å². The van der Waals surface area contributed by atoms with Crippen LogP contribution in [0.2, 0.25) is 4.34 Å². The lowest BCUT2D eigenvalue weighted by atomic mass is 10.1. The van der Waals surface area contributed by atoms with E-state index in [0.29, 0.717) is 6.42 Å². The lowest BCUT2D eigenvalue weighted by Gasteiger charge is -2.21. The molecule has 0 bridgehead atoms. The first-order valence-corrected chi connectivity index (χ1v) is 7.67. The van der Waals surface area contributed by atoms with Gasteiger partial charge in [0.2, 0.25) is 0 Å². The molecule has 2 aromatic rings. The number of nitrogens with two attached hydrogens (primary N) is 1. The average Bonchev–Trinajstić information content (AvgIpc) is 2.84. The van der Waals surface area contributed by atoms with Crippen LogP contribution in [0.5, 0.6) is 5.75 Å². The molecule has 0 saturated heterocycles. The smallest absolute Gasteiger partial charge is 0.148 e. The summed E-state index contributed by atoms with van der Waals surface area (Å²) in [6.45, 7) is 2.06. The average molecular weight is 312 g/mol. The van der Waals surface area contributed by atoms with Crippen LogP contribution in [0.4, 0.5) is 0 Å². The van der Waals surface area contributed by atoms with E-state index in [-0.39, 0.29) is 18.8 Å². The van der Waals surface area contributed by atoms with Gasteiger partial charge in [-0.3, -0.25) is 0 Å². The van der Waals surface area contributed by atoms with E-state index in [1.807, 2.05) is 43.3 Å². The number of aliphatic hydroxyl groups excluding tert-OH is 1. The van der Waals surface area contributed by atoms with E-state index in [2.05, 4.69) is 0 Å². The lowest BCUT2D eigenvalue weighted by Crippen LogP contribution is -2.28. The summed E-state index contributed by atoms with van der Waals surface area (Å²) < 4.78 is 6.70. The predicted octanol–water partition coefficient (Wildman–Crippen LogP) is 3.40. The van der Waals surface area contributed by atoms with Crippen molar-refractivity contribution in [1.29, 1.82) is 0 Å². The highest BCUT2D eigenvalue weighted by Gasteiger charge is 2.20. The molecule has 0 saturated carbocycles. The minimum absolute atomic E-state index is 0.137. The normalized spacial score (nSPS) is 14.0. The predicted molar refractivity (Wildman–Crippen MR) is 83.6 cm³/mol. The molecule has 0 radical (unpaired) electrons. The van der Waals surface area contributed by atoms with Gasteiger partial charge >= 0.3 is 0 Å². The van der Waals surface area contributed by atoms with Gasteiger partial charge in [0.25, 0.3) is 0 Å². The quantitative estimate of drug-likeness (QED) is 0.859. The second-order valence-electron chi connectivity index (χ2n) is 4.66. The highest BCUT2D eigenvalue weighted by Crippen LogP contribution is 2.31. The highest BCUT2D eigenvalue weighted by atomic mass is 35.5.